The third-order valence-corrected chi connectivity index (χ3v) is 1.94. The molecular formula is C6H13IO. The molecule has 0 saturated carbocycles. The minimum atomic E-state index is -0.0874. The van der Waals surface area contributed by atoms with Crippen LogP contribution >= 0.6 is 22.6 Å². The molecule has 0 heterocycles. The topological polar surface area (TPSA) is 20.2 Å². The number of alkyl halides is 1. The summed E-state index contributed by atoms with van der Waals surface area (Å²) in [7, 11) is 0. The lowest BCUT2D eigenvalue weighted by Gasteiger charge is -2.07. The predicted octanol–water partition coefficient (Wildman–Crippen LogP) is 1.83. The molecule has 1 N–H and O–H groups in total. The number of hydrogen-bond donors (Lipinski definition) is 1. The van der Waals surface area contributed by atoms with Crippen LogP contribution in [0.3, 0.4) is 0 Å². The minimum Gasteiger partial charge on any atom is -0.392 e. The van der Waals surface area contributed by atoms with Gasteiger partial charge in [-0.25, -0.2) is 0 Å². The maximum Gasteiger partial charge on any atom is 0.0632 e. The molecule has 0 radical (unpaired) electrons. The maximum absolute atomic E-state index is 9.02. The van der Waals surface area contributed by atoms with E-state index in [-0.39, 0.29) is 6.10 Å². The smallest absolute Gasteiger partial charge is 0.0632 e. The summed E-state index contributed by atoms with van der Waals surface area (Å²) >= 11 is 2.20. The van der Waals surface area contributed by atoms with Crippen LogP contribution in [-0.2, 0) is 0 Å². The summed E-state index contributed by atoms with van der Waals surface area (Å²) in [5, 5.41) is 9.02. The summed E-state index contributed by atoms with van der Waals surface area (Å²) in [6.45, 7) is 4.24. The minimum absolute atomic E-state index is 0.0874. The summed E-state index contributed by atoms with van der Waals surface area (Å²) in [5.74, 6) is 0.625. The zero-order valence-corrected chi connectivity index (χ0v) is 7.55. The molecule has 0 fully saturated rings. The lowest BCUT2D eigenvalue weighted by molar-refractivity contribution is 0.175. The van der Waals surface area contributed by atoms with E-state index in [0.29, 0.717) is 5.92 Å². The molecule has 0 rings (SSSR count). The molecule has 0 aromatic rings. The number of hydrogen-bond acceptors (Lipinski definition) is 1. The first-order chi connectivity index (χ1) is 3.66. The standard InChI is InChI=1S/C6H13IO/c1-5(2)3-6(8)4-7/h5-6,8H,3-4H2,1-2H3/t6-/m1/s1. The molecule has 0 aromatic heterocycles. The average molecular weight is 228 g/mol. The molecule has 0 aliphatic carbocycles. The molecule has 1 nitrogen and oxygen atoms in total. The van der Waals surface area contributed by atoms with Crippen molar-refractivity contribution >= 4 is 22.6 Å². The van der Waals surface area contributed by atoms with Crippen molar-refractivity contribution in [3.63, 3.8) is 0 Å². The average Bonchev–Trinajstić information content (AvgIpc) is 1.65. The van der Waals surface area contributed by atoms with Gasteiger partial charge in [0.05, 0.1) is 6.10 Å². The van der Waals surface area contributed by atoms with Crippen LogP contribution in [0.15, 0.2) is 0 Å². The molecule has 0 amide bonds. The van der Waals surface area contributed by atoms with Crippen LogP contribution in [0.5, 0.6) is 0 Å². The molecule has 0 bridgehead atoms. The van der Waals surface area contributed by atoms with E-state index in [1.807, 2.05) is 0 Å². The quantitative estimate of drug-likeness (QED) is 0.577. The number of halogens is 1. The molecule has 0 aliphatic rings. The highest BCUT2D eigenvalue weighted by Gasteiger charge is 2.02. The van der Waals surface area contributed by atoms with E-state index in [9.17, 15) is 0 Å². The van der Waals surface area contributed by atoms with Gasteiger partial charge in [-0.15, -0.1) is 0 Å². The second-order valence-corrected chi connectivity index (χ2v) is 3.32. The van der Waals surface area contributed by atoms with Crippen LogP contribution in [0.1, 0.15) is 20.3 Å². The van der Waals surface area contributed by atoms with E-state index in [0.717, 1.165) is 10.8 Å². The second kappa shape index (κ2) is 4.56. The van der Waals surface area contributed by atoms with Crippen LogP contribution in [0.25, 0.3) is 0 Å². The molecule has 1 atom stereocenters. The summed E-state index contributed by atoms with van der Waals surface area (Å²) in [6, 6.07) is 0. The van der Waals surface area contributed by atoms with Gasteiger partial charge in [-0.1, -0.05) is 36.4 Å². The van der Waals surface area contributed by atoms with E-state index < -0.39 is 0 Å². The third-order valence-electron chi connectivity index (χ3n) is 0.922. The zero-order chi connectivity index (χ0) is 6.57. The molecule has 0 saturated heterocycles. The van der Waals surface area contributed by atoms with E-state index in [4.69, 9.17) is 5.11 Å². The number of aliphatic hydroxyl groups excluding tert-OH is 1. The maximum atomic E-state index is 9.02. The fraction of sp³-hybridized carbons (Fsp3) is 1.00. The molecule has 0 unspecified atom stereocenters. The molecule has 2 heteroatoms. The Morgan fingerprint density at radius 1 is 1.50 bits per heavy atom. The highest BCUT2D eigenvalue weighted by molar-refractivity contribution is 14.1. The lowest BCUT2D eigenvalue weighted by Crippen LogP contribution is -2.10. The predicted molar refractivity (Wildman–Crippen MR) is 44.3 cm³/mol. The molecular weight excluding hydrogens is 215 g/mol. The molecule has 0 aliphatic heterocycles. The van der Waals surface area contributed by atoms with Crippen LogP contribution < -0.4 is 0 Å². The van der Waals surface area contributed by atoms with E-state index >= 15 is 0 Å². The van der Waals surface area contributed by atoms with Gasteiger partial charge in [-0.2, -0.15) is 0 Å². The Bertz CT molecular complexity index is 54.5. The monoisotopic (exact) mass is 228 g/mol. The number of aliphatic hydroxyl groups is 1. The number of rotatable bonds is 3. The van der Waals surface area contributed by atoms with E-state index in [1.165, 1.54) is 0 Å². The first-order valence-electron chi connectivity index (χ1n) is 2.90. The van der Waals surface area contributed by atoms with Crippen LogP contribution in [-0.4, -0.2) is 15.6 Å². The molecule has 8 heavy (non-hydrogen) atoms. The molecule has 50 valence electrons. The van der Waals surface area contributed by atoms with Crippen molar-refractivity contribution < 1.29 is 5.11 Å². The summed E-state index contributed by atoms with van der Waals surface area (Å²) in [4.78, 5) is 0. The van der Waals surface area contributed by atoms with Gasteiger partial charge in [0.1, 0.15) is 0 Å². The summed E-state index contributed by atoms with van der Waals surface area (Å²) in [5.41, 5.74) is 0. The molecule has 0 spiro atoms. The van der Waals surface area contributed by atoms with Gasteiger partial charge in [0.25, 0.3) is 0 Å². The van der Waals surface area contributed by atoms with Crippen LogP contribution in [0.2, 0.25) is 0 Å². The summed E-state index contributed by atoms with van der Waals surface area (Å²) in [6.07, 6.45) is 0.846. The van der Waals surface area contributed by atoms with Gasteiger partial charge in [0.15, 0.2) is 0 Å². The van der Waals surface area contributed by atoms with Gasteiger partial charge in [-0.3, -0.25) is 0 Å². The Morgan fingerprint density at radius 3 is 2.12 bits per heavy atom. The molecule has 0 aromatic carbocycles. The van der Waals surface area contributed by atoms with E-state index in [1.54, 1.807) is 0 Å². The Hall–Kier alpha value is 0.690. The Balaban J connectivity index is 3.10. The van der Waals surface area contributed by atoms with Crippen LogP contribution in [0.4, 0.5) is 0 Å². The van der Waals surface area contributed by atoms with Crippen LogP contribution in [0, 0.1) is 5.92 Å². The third kappa shape index (κ3) is 4.84. The van der Waals surface area contributed by atoms with Gasteiger partial charge in [0, 0.05) is 4.43 Å². The first-order valence-corrected chi connectivity index (χ1v) is 4.43. The Labute approximate surface area is 64.6 Å². The highest BCUT2D eigenvalue weighted by Crippen LogP contribution is 2.05. The highest BCUT2D eigenvalue weighted by atomic mass is 127. The van der Waals surface area contributed by atoms with Gasteiger partial charge in [-0.05, 0) is 12.3 Å². The lowest BCUT2D eigenvalue weighted by atomic mass is 10.1. The van der Waals surface area contributed by atoms with Crippen molar-refractivity contribution in [2.45, 2.75) is 26.4 Å². The van der Waals surface area contributed by atoms with Gasteiger partial charge >= 0.3 is 0 Å². The first kappa shape index (κ1) is 8.69. The van der Waals surface area contributed by atoms with Gasteiger partial charge in [0.2, 0.25) is 0 Å². The Morgan fingerprint density at radius 2 is 2.00 bits per heavy atom. The normalized spacial score (nSPS) is 14.6. The van der Waals surface area contributed by atoms with Crippen molar-refractivity contribution in [1.82, 2.24) is 0 Å². The fourth-order valence-electron chi connectivity index (χ4n) is 0.607. The fourth-order valence-corrected chi connectivity index (χ4v) is 0.967. The Kier molecular flexibility index (Phi) is 4.95. The van der Waals surface area contributed by atoms with Crippen molar-refractivity contribution in [1.29, 1.82) is 0 Å². The summed E-state index contributed by atoms with van der Waals surface area (Å²) < 4.78 is 0.857. The van der Waals surface area contributed by atoms with Crippen molar-refractivity contribution in [3.05, 3.63) is 0 Å². The largest absolute Gasteiger partial charge is 0.392 e. The zero-order valence-electron chi connectivity index (χ0n) is 5.39. The van der Waals surface area contributed by atoms with Crippen molar-refractivity contribution in [2.75, 3.05) is 4.43 Å². The van der Waals surface area contributed by atoms with Crippen molar-refractivity contribution in [2.24, 2.45) is 5.92 Å². The van der Waals surface area contributed by atoms with Crippen molar-refractivity contribution in [3.8, 4) is 0 Å². The SMILES string of the molecule is CC(C)C[C@@H](O)CI. The second-order valence-electron chi connectivity index (χ2n) is 2.44. The van der Waals surface area contributed by atoms with E-state index in [2.05, 4.69) is 36.4 Å². The van der Waals surface area contributed by atoms with Gasteiger partial charge < -0.3 is 5.11 Å².